The second-order valence-corrected chi connectivity index (χ2v) is 6.53. The van der Waals surface area contributed by atoms with Gasteiger partial charge in [-0.25, -0.2) is 0 Å². The summed E-state index contributed by atoms with van der Waals surface area (Å²) in [6.45, 7) is 0. The molecule has 0 unspecified atom stereocenters. The van der Waals surface area contributed by atoms with Crippen LogP contribution in [-0.4, -0.2) is 22.7 Å². The molecule has 1 N–H and O–H groups in total. The molecule has 0 radical (unpaired) electrons. The van der Waals surface area contributed by atoms with E-state index in [4.69, 9.17) is 0 Å². The van der Waals surface area contributed by atoms with Crippen LogP contribution in [0.5, 0.6) is 0 Å². The topological polar surface area (TPSA) is 66.5 Å². The first-order valence-electron chi connectivity index (χ1n) is 8.04. The van der Waals surface area contributed by atoms with Gasteiger partial charge in [0, 0.05) is 6.42 Å². The second-order valence-electron chi connectivity index (χ2n) is 6.53. The quantitative estimate of drug-likeness (QED) is 0.676. The molecule has 1 saturated heterocycles. The van der Waals surface area contributed by atoms with Crippen LogP contribution in [0.4, 0.5) is 0 Å². The van der Waals surface area contributed by atoms with Gasteiger partial charge in [-0.1, -0.05) is 42.5 Å². The number of allylic oxidation sites excluding steroid dienone is 2. The molecule has 3 amide bonds. The van der Waals surface area contributed by atoms with Gasteiger partial charge >= 0.3 is 0 Å². The lowest BCUT2D eigenvalue weighted by Crippen LogP contribution is -2.47. The molecule has 1 saturated carbocycles. The van der Waals surface area contributed by atoms with E-state index in [0.29, 0.717) is 6.42 Å². The Hall–Kier alpha value is -2.43. The van der Waals surface area contributed by atoms with Crippen molar-refractivity contribution in [2.24, 2.45) is 23.7 Å². The van der Waals surface area contributed by atoms with Crippen molar-refractivity contribution in [2.75, 3.05) is 0 Å². The highest BCUT2D eigenvalue weighted by molar-refractivity contribution is 6.07. The van der Waals surface area contributed by atoms with Crippen molar-refractivity contribution in [3.8, 4) is 0 Å². The fourth-order valence-electron chi connectivity index (χ4n) is 4.10. The molecular formula is C18H18N2O3. The Morgan fingerprint density at radius 2 is 1.65 bits per heavy atom. The smallest absolute Gasteiger partial charge is 0.252 e. The van der Waals surface area contributed by atoms with Crippen LogP contribution in [-0.2, 0) is 20.8 Å². The van der Waals surface area contributed by atoms with Gasteiger partial charge in [0.15, 0.2) is 0 Å². The van der Waals surface area contributed by atoms with Crippen LogP contribution in [0.2, 0.25) is 0 Å². The SMILES string of the molecule is O=C(CCc1ccccc1)NN1C(=O)[C@H]2[C@H](C1=O)[C@H]1C=C[C@@H]2C1. The molecule has 4 rings (SSSR count). The average Bonchev–Trinajstić information content (AvgIpc) is 3.24. The molecule has 1 aliphatic heterocycles. The Morgan fingerprint density at radius 1 is 1.04 bits per heavy atom. The van der Waals surface area contributed by atoms with Crippen LogP contribution in [0.15, 0.2) is 42.5 Å². The Kier molecular flexibility index (Phi) is 3.29. The van der Waals surface area contributed by atoms with Crippen LogP contribution in [0.1, 0.15) is 18.4 Å². The number of nitrogens with one attached hydrogen (secondary N) is 1. The molecule has 3 aliphatic rings. The van der Waals surface area contributed by atoms with Gasteiger partial charge in [-0.3, -0.25) is 19.8 Å². The van der Waals surface area contributed by atoms with Gasteiger partial charge in [0.25, 0.3) is 11.8 Å². The van der Waals surface area contributed by atoms with E-state index in [1.165, 1.54) is 0 Å². The molecule has 118 valence electrons. The molecule has 2 fully saturated rings. The lowest BCUT2D eigenvalue weighted by molar-refractivity contribution is -0.149. The standard InChI is InChI=1S/C18H18N2O3/c21-14(9-6-11-4-2-1-3-5-11)19-20-17(22)15-12-7-8-13(10-12)16(15)18(20)23/h1-5,7-8,12-13,15-16H,6,9-10H2,(H,19,21)/t12-,13+,15-,16-/m1/s1. The summed E-state index contributed by atoms with van der Waals surface area (Å²) in [5, 5.41) is 0.967. The maximum Gasteiger partial charge on any atom is 0.252 e. The summed E-state index contributed by atoms with van der Waals surface area (Å²) < 4.78 is 0. The zero-order valence-electron chi connectivity index (χ0n) is 12.6. The Labute approximate surface area is 134 Å². The van der Waals surface area contributed by atoms with Gasteiger partial charge in [0.1, 0.15) is 0 Å². The first-order valence-corrected chi connectivity index (χ1v) is 8.04. The van der Waals surface area contributed by atoms with E-state index in [9.17, 15) is 14.4 Å². The molecule has 0 aromatic heterocycles. The van der Waals surface area contributed by atoms with Crippen molar-refractivity contribution in [2.45, 2.75) is 19.3 Å². The predicted octanol–water partition coefficient (Wildman–Crippen LogP) is 1.46. The monoisotopic (exact) mass is 310 g/mol. The van der Waals surface area contributed by atoms with E-state index in [-0.39, 0.29) is 47.8 Å². The molecule has 1 aromatic carbocycles. The zero-order chi connectivity index (χ0) is 16.0. The third-order valence-corrected chi connectivity index (χ3v) is 5.19. The number of rotatable bonds is 4. The van der Waals surface area contributed by atoms with Crippen molar-refractivity contribution < 1.29 is 14.4 Å². The molecule has 5 heteroatoms. The number of carbonyl (C=O) groups is 3. The Balaban J connectivity index is 1.39. The summed E-state index contributed by atoms with van der Waals surface area (Å²) in [7, 11) is 0. The lowest BCUT2D eigenvalue weighted by Gasteiger charge is -2.17. The van der Waals surface area contributed by atoms with Crippen LogP contribution in [0.3, 0.4) is 0 Å². The number of aryl methyl sites for hydroxylation is 1. The van der Waals surface area contributed by atoms with Crippen LogP contribution in [0.25, 0.3) is 0 Å². The highest BCUT2D eigenvalue weighted by Crippen LogP contribution is 2.52. The molecule has 23 heavy (non-hydrogen) atoms. The summed E-state index contributed by atoms with van der Waals surface area (Å²) in [5.74, 6) is -1.01. The Morgan fingerprint density at radius 3 is 2.26 bits per heavy atom. The number of nitrogens with zero attached hydrogens (tertiary/aromatic N) is 1. The largest absolute Gasteiger partial charge is 0.273 e. The maximum atomic E-state index is 12.5. The van der Waals surface area contributed by atoms with Crippen molar-refractivity contribution in [1.82, 2.24) is 10.4 Å². The number of hydrogen-bond donors (Lipinski definition) is 1. The van der Waals surface area contributed by atoms with E-state index in [1.54, 1.807) is 0 Å². The van der Waals surface area contributed by atoms with Crippen molar-refractivity contribution in [3.63, 3.8) is 0 Å². The molecule has 5 nitrogen and oxygen atoms in total. The highest BCUT2D eigenvalue weighted by Gasteiger charge is 2.59. The minimum Gasteiger partial charge on any atom is -0.273 e. The number of benzene rings is 1. The average molecular weight is 310 g/mol. The lowest BCUT2D eigenvalue weighted by atomic mass is 9.85. The minimum absolute atomic E-state index is 0.160. The van der Waals surface area contributed by atoms with Crippen molar-refractivity contribution in [1.29, 1.82) is 0 Å². The number of carbonyl (C=O) groups excluding carboxylic acids is 3. The molecule has 1 aromatic rings. The van der Waals surface area contributed by atoms with Crippen LogP contribution >= 0.6 is 0 Å². The van der Waals surface area contributed by atoms with E-state index in [1.807, 2.05) is 42.5 Å². The van der Waals surface area contributed by atoms with Gasteiger partial charge in [0.05, 0.1) is 11.8 Å². The zero-order valence-corrected chi connectivity index (χ0v) is 12.6. The fourth-order valence-corrected chi connectivity index (χ4v) is 4.10. The summed E-state index contributed by atoms with van der Waals surface area (Å²) in [6, 6.07) is 9.67. The molecule has 2 bridgehead atoms. The first-order chi connectivity index (χ1) is 11.1. The minimum atomic E-state index is -0.296. The third-order valence-electron chi connectivity index (χ3n) is 5.19. The molecule has 1 heterocycles. The summed E-state index contributed by atoms with van der Waals surface area (Å²) >= 11 is 0. The first kappa shape index (κ1) is 14.2. The van der Waals surface area contributed by atoms with Crippen molar-refractivity contribution >= 4 is 17.7 Å². The number of hydrazine groups is 1. The van der Waals surface area contributed by atoms with Gasteiger partial charge < -0.3 is 0 Å². The highest BCUT2D eigenvalue weighted by atomic mass is 16.2. The number of fused-ring (bicyclic) bond motifs is 5. The maximum absolute atomic E-state index is 12.5. The Bertz CT molecular complexity index is 667. The van der Waals surface area contributed by atoms with Gasteiger partial charge in [-0.15, -0.1) is 0 Å². The molecular weight excluding hydrogens is 292 g/mol. The number of amides is 3. The van der Waals surface area contributed by atoms with E-state index < -0.39 is 0 Å². The second kappa shape index (κ2) is 5.33. The molecule has 0 spiro atoms. The third kappa shape index (κ3) is 2.27. The summed E-state index contributed by atoms with van der Waals surface area (Å²) in [5.41, 5.74) is 3.57. The van der Waals surface area contributed by atoms with Gasteiger partial charge in [-0.05, 0) is 30.2 Å². The summed E-state index contributed by atoms with van der Waals surface area (Å²) in [6.07, 6.45) is 5.81. The van der Waals surface area contributed by atoms with E-state index in [2.05, 4.69) is 5.43 Å². The fraction of sp³-hybridized carbons (Fsp3) is 0.389. The van der Waals surface area contributed by atoms with Gasteiger partial charge in [0.2, 0.25) is 5.91 Å². The van der Waals surface area contributed by atoms with Crippen LogP contribution in [0, 0.1) is 23.7 Å². The molecule has 2 aliphatic carbocycles. The predicted molar refractivity (Wildman–Crippen MR) is 82.5 cm³/mol. The number of hydrogen-bond acceptors (Lipinski definition) is 3. The van der Waals surface area contributed by atoms with Crippen molar-refractivity contribution in [3.05, 3.63) is 48.0 Å². The van der Waals surface area contributed by atoms with E-state index >= 15 is 0 Å². The van der Waals surface area contributed by atoms with Gasteiger partial charge in [-0.2, -0.15) is 5.01 Å². The molecule has 4 atom stereocenters. The van der Waals surface area contributed by atoms with Crippen LogP contribution < -0.4 is 5.43 Å². The van der Waals surface area contributed by atoms with E-state index in [0.717, 1.165) is 17.0 Å². The summed E-state index contributed by atoms with van der Waals surface area (Å²) in [4.78, 5) is 37.0. The number of imide groups is 1. The normalized spacial score (nSPS) is 30.9.